The third kappa shape index (κ3) is 5.33. The molecular weight excluding hydrogens is 374 g/mol. The van der Waals surface area contributed by atoms with Crippen molar-refractivity contribution in [2.24, 2.45) is 0 Å². The monoisotopic (exact) mass is 401 g/mol. The lowest BCUT2D eigenvalue weighted by atomic mass is 10.1. The predicted octanol–water partition coefficient (Wildman–Crippen LogP) is 2.94. The van der Waals surface area contributed by atoms with Crippen LogP contribution in [-0.4, -0.2) is 69.0 Å². The van der Waals surface area contributed by atoms with E-state index in [1.54, 1.807) is 4.90 Å². The lowest BCUT2D eigenvalue weighted by Crippen LogP contribution is -2.46. The Morgan fingerprint density at radius 1 is 1.00 bits per heavy atom. The van der Waals surface area contributed by atoms with Crippen LogP contribution in [0.1, 0.15) is 6.42 Å². The van der Waals surface area contributed by atoms with Gasteiger partial charge in [-0.1, -0.05) is 42.5 Å². The molecule has 150 valence electrons. The fourth-order valence-corrected chi connectivity index (χ4v) is 5.08. The Balaban J connectivity index is 1.70. The second-order valence-electron chi connectivity index (χ2n) is 7.43. The van der Waals surface area contributed by atoms with E-state index in [0.717, 1.165) is 11.1 Å². The molecule has 1 fully saturated rings. The predicted molar refractivity (Wildman–Crippen MR) is 113 cm³/mol. The van der Waals surface area contributed by atoms with E-state index in [4.69, 9.17) is 0 Å². The first kappa shape index (κ1) is 20.4. The fraction of sp³-hybridized carbons (Fsp3) is 0.381. The Morgan fingerprint density at radius 2 is 1.64 bits per heavy atom. The number of nitrogens with zero attached hydrogens (tertiary/aromatic N) is 2. The quantitative estimate of drug-likeness (QED) is 0.808. The Hall–Kier alpha value is -2.38. The smallest absolute Gasteiger partial charge is 0.319 e. The lowest BCUT2D eigenvalue weighted by molar-refractivity contribution is 0.186. The van der Waals surface area contributed by atoms with Gasteiger partial charge in [0.15, 0.2) is 9.84 Å². The van der Waals surface area contributed by atoms with Gasteiger partial charge in [0, 0.05) is 24.8 Å². The molecule has 0 radical (unpaired) electrons. The molecule has 1 N–H and O–H groups in total. The molecule has 7 heteroatoms. The summed E-state index contributed by atoms with van der Waals surface area (Å²) in [5.74, 6) is 0.190. The maximum Gasteiger partial charge on any atom is 0.322 e. The SMILES string of the molecule is CN(C)CCN(C(=O)Nc1ccc(-c2ccccc2)cc1)C1CCS(=O)(=O)C1. The van der Waals surface area contributed by atoms with Crippen LogP contribution in [0.5, 0.6) is 0 Å². The van der Waals surface area contributed by atoms with Crippen molar-refractivity contribution in [3.8, 4) is 11.1 Å². The zero-order valence-corrected chi connectivity index (χ0v) is 17.2. The molecule has 0 bridgehead atoms. The molecule has 1 saturated heterocycles. The van der Waals surface area contributed by atoms with E-state index in [2.05, 4.69) is 5.32 Å². The van der Waals surface area contributed by atoms with Gasteiger partial charge >= 0.3 is 6.03 Å². The third-order valence-corrected chi connectivity index (χ3v) is 6.69. The minimum Gasteiger partial charge on any atom is -0.319 e. The highest BCUT2D eigenvalue weighted by atomic mass is 32.2. The number of nitrogens with one attached hydrogen (secondary N) is 1. The number of urea groups is 1. The number of hydrogen-bond donors (Lipinski definition) is 1. The van der Waals surface area contributed by atoms with Crippen LogP contribution in [-0.2, 0) is 9.84 Å². The first-order valence-electron chi connectivity index (χ1n) is 9.42. The molecule has 2 aromatic rings. The van der Waals surface area contributed by atoms with Crippen LogP contribution in [0, 0.1) is 0 Å². The number of carbonyl (C=O) groups excluding carboxylic acids is 1. The van der Waals surface area contributed by atoms with Crippen molar-refractivity contribution in [3.63, 3.8) is 0 Å². The van der Waals surface area contributed by atoms with E-state index in [1.807, 2.05) is 73.6 Å². The number of amides is 2. The van der Waals surface area contributed by atoms with Crippen LogP contribution in [0.15, 0.2) is 54.6 Å². The minimum atomic E-state index is -3.06. The van der Waals surface area contributed by atoms with Crippen molar-refractivity contribution in [2.75, 3.05) is 44.0 Å². The minimum absolute atomic E-state index is 0.0425. The van der Waals surface area contributed by atoms with Gasteiger partial charge in [0.25, 0.3) is 0 Å². The number of sulfone groups is 1. The van der Waals surface area contributed by atoms with Crippen molar-refractivity contribution in [2.45, 2.75) is 12.5 Å². The first-order valence-corrected chi connectivity index (χ1v) is 11.2. The molecule has 0 saturated carbocycles. The highest BCUT2D eigenvalue weighted by molar-refractivity contribution is 7.91. The summed E-state index contributed by atoms with van der Waals surface area (Å²) in [7, 11) is 0.812. The van der Waals surface area contributed by atoms with Gasteiger partial charge in [-0.15, -0.1) is 0 Å². The van der Waals surface area contributed by atoms with Crippen LogP contribution in [0.25, 0.3) is 11.1 Å². The molecule has 0 spiro atoms. The summed E-state index contributed by atoms with van der Waals surface area (Å²) in [5, 5.41) is 2.92. The molecule has 2 aromatic carbocycles. The second kappa shape index (κ2) is 8.75. The van der Waals surface area contributed by atoms with Crippen molar-refractivity contribution in [1.82, 2.24) is 9.80 Å². The van der Waals surface area contributed by atoms with Gasteiger partial charge in [-0.2, -0.15) is 0 Å². The van der Waals surface area contributed by atoms with Gasteiger partial charge in [-0.3, -0.25) is 0 Å². The van der Waals surface area contributed by atoms with Gasteiger partial charge in [0.2, 0.25) is 0 Å². The third-order valence-electron chi connectivity index (χ3n) is 4.94. The lowest BCUT2D eigenvalue weighted by Gasteiger charge is -2.29. The normalized spacial score (nSPS) is 18.2. The Kier molecular flexibility index (Phi) is 6.36. The molecule has 1 aliphatic rings. The fourth-order valence-electron chi connectivity index (χ4n) is 3.35. The number of likely N-dealkylation sites (N-methyl/N-ethyl adjacent to an activating group) is 1. The molecule has 28 heavy (non-hydrogen) atoms. The average Bonchev–Trinajstić information content (AvgIpc) is 3.02. The Bertz CT molecular complexity index is 896. The van der Waals surface area contributed by atoms with Crippen LogP contribution in [0.3, 0.4) is 0 Å². The van der Waals surface area contributed by atoms with Crippen LogP contribution < -0.4 is 5.32 Å². The molecule has 0 aliphatic carbocycles. The Morgan fingerprint density at radius 3 is 2.21 bits per heavy atom. The van der Waals surface area contributed by atoms with E-state index in [9.17, 15) is 13.2 Å². The summed E-state index contributed by atoms with van der Waals surface area (Å²) in [6.45, 7) is 1.16. The number of anilines is 1. The van der Waals surface area contributed by atoms with Gasteiger partial charge < -0.3 is 15.1 Å². The summed E-state index contributed by atoms with van der Waals surface area (Å²) in [4.78, 5) is 16.5. The van der Waals surface area contributed by atoms with E-state index >= 15 is 0 Å². The topological polar surface area (TPSA) is 69.7 Å². The molecular formula is C21H27N3O3S. The van der Waals surface area contributed by atoms with Crippen molar-refractivity contribution in [3.05, 3.63) is 54.6 Å². The highest BCUT2D eigenvalue weighted by Crippen LogP contribution is 2.22. The summed E-state index contributed by atoms with van der Waals surface area (Å²) < 4.78 is 23.7. The highest BCUT2D eigenvalue weighted by Gasteiger charge is 2.34. The zero-order valence-electron chi connectivity index (χ0n) is 16.3. The molecule has 3 rings (SSSR count). The Labute approximate surface area is 167 Å². The number of carbonyl (C=O) groups is 1. The van der Waals surface area contributed by atoms with E-state index < -0.39 is 9.84 Å². The molecule has 6 nitrogen and oxygen atoms in total. The van der Waals surface area contributed by atoms with Gasteiger partial charge in [0.1, 0.15) is 0 Å². The summed E-state index contributed by atoms with van der Waals surface area (Å²) in [6.07, 6.45) is 0.496. The molecule has 1 heterocycles. The zero-order chi connectivity index (χ0) is 20.1. The largest absolute Gasteiger partial charge is 0.322 e. The molecule has 1 atom stereocenters. The molecule has 1 unspecified atom stereocenters. The summed E-state index contributed by atoms with van der Waals surface area (Å²) >= 11 is 0. The summed E-state index contributed by atoms with van der Waals surface area (Å²) in [5.41, 5.74) is 2.88. The van der Waals surface area contributed by atoms with Crippen molar-refractivity contribution >= 4 is 21.6 Å². The second-order valence-corrected chi connectivity index (χ2v) is 9.66. The van der Waals surface area contributed by atoms with Crippen molar-refractivity contribution < 1.29 is 13.2 Å². The average molecular weight is 402 g/mol. The van der Waals surface area contributed by atoms with Crippen LogP contribution in [0.4, 0.5) is 10.5 Å². The number of rotatable bonds is 6. The molecule has 2 amide bonds. The van der Waals surface area contributed by atoms with E-state index in [0.29, 0.717) is 25.2 Å². The van der Waals surface area contributed by atoms with E-state index in [-0.39, 0.29) is 23.6 Å². The first-order chi connectivity index (χ1) is 13.3. The van der Waals surface area contributed by atoms with E-state index in [1.165, 1.54) is 0 Å². The number of benzene rings is 2. The van der Waals surface area contributed by atoms with Gasteiger partial charge in [-0.25, -0.2) is 13.2 Å². The van der Waals surface area contributed by atoms with Crippen molar-refractivity contribution in [1.29, 1.82) is 0 Å². The maximum atomic E-state index is 12.9. The molecule has 1 aliphatic heterocycles. The maximum absolute atomic E-state index is 12.9. The van der Waals surface area contributed by atoms with Crippen LogP contribution >= 0.6 is 0 Å². The molecule has 0 aromatic heterocycles. The van der Waals surface area contributed by atoms with Crippen LogP contribution in [0.2, 0.25) is 0 Å². The van der Waals surface area contributed by atoms with Gasteiger partial charge in [-0.05, 0) is 43.8 Å². The number of hydrogen-bond acceptors (Lipinski definition) is 4. The standard InChI is InChI=1S/C21H27N3O3S/c1-23(2)13-14-24(20-12-15-28(26,27)16-20)21(25)22-19-10-8-18(9-11-19)17-6-4-3-5-7-17/h3-11,20H,12-16H2,1-2H3,(H,22,25). The van der Waals surface area contributed by atoms with Gasteiger partial charge in [0.05, 0.1) is 11.5 Å². The summed E-state index contributed by atoms with van der Waals surface area (Å²) in [6, 6.07) is 17.2.